The van der Waals surface area contributed by atoms with Gasteiger partial charge in [0, 0.05) is 5.41 Å². The average Bonchev–Trinajstić information content (AvgIpc) is 2.33. The third-order valence-electron chi connectivity index (χ3n) is 2.98. The molecule has 1 saturated heterocycles. The number of hydrogen-bond donors (Lipinski definition) is 1. The summed E-state index contributed by atoms with van der Waals surface area (Å²) in [5.41, 5.74) is 1.20. The van der Waals surface area contributed by atoms with E-state index in [1.54, 1.807) is 0 Å². The Morgan fingerprint density at radius 3 is 2.78 bits per heavy atom. The number of nitrogens with two attached hydrogens (primary N) is 1. The standard InChI is InChI=1S/C13H18ClNO3/c1-13(7-16-8-13)9-17-12-3-2-10(4-5-18-15)6-11(12)14/h2-3,6H,4-5,7-9,15H2,1H3. The van der Waals surface area contributed by atoms with Crippen molar-refractivity contribution in [1.29, 1.82) is 0 Å². The van der Waals surface area contributed by atoms with Crippen molar-refractivity contribution in [2.75, 3.05) is 26.4 Å². The molecule has 4 nitrogen and oxygen atoms in total. The molecule has 1 aliphatic rings. The van der Waals surface area contributed by atoms with E-state index in [-0.39, 0.29) is 5.41 Å². The third-order valence-corrected chi connectivity index (χ3v) is 3.28. The third kappa shape index (κ3) is 3.36. The van der Waals surface area contributed by atoms with Gasteiger partial charge in [-0.05, 0) is 24.1 Å². The predicted octanol–water partition coefficient (Wildman–Crippen LogP) is 2.19. The first-order valence-electron chi connectivity index (χ1n) is 5.94. The lowest BCUT2D eigenvalue weighted by Gasteiger charge is -2.37. The van der Waals surface area contributed by atoms with Crippen molar-refractivity contribution >= 4 is 11.6 Å². The van der Waals surface area contributed by atoms with Gasteiger partial charge in [0.25, 0.3) is 0 Å². The van der Waals surface area contributed by atoms with E-state index in [0.29, 0.717) is 24.0 Å². The van der Waals surface area contributed by atoms with Crippen molar-refractivity contribution in [2.45, 2.75) is 13.3 Å². The van der Waals surface area contributed by atoms with Gasteiger partial charge in [0.1, 0.15) is 5.75 Å². The van der Waals surface area contributed by atoms with Gasteiger partial charge in [-0.25, -0.2) is 5.90 Å². The van der Waals surface area contributed by atoms with Gasteiger partial charge in [0.15, 0.2) is 0 Å². The van der Waals surface area contributed by atoms with Gasteiger partial charge in [0.2, 0.25) is 0 Å². The minimum absolute atomic E-state index is 0.120. The molecule has 5 heteroatoms. The van der Waals surface area contributed by atoms with E-state index in [9.17, 15) is 0 Å². The van der Waals surface area contributed by atoms with Crippen LogP contribution in [0.15, 0.2) is 18.2 Å². The quantitative estimate of drug-likeness (QED) is 0.806. The van der Waals surface area contributed by atoms with Crippen LogP contribution in [0.1, 0.15) is 12.5 Å². The van der Waals surface area contributed by atoms with E-state index in [4.69, 9.17) is 27.0 Å². The second kappa shape index (κ2) is 5.89. The van der Waals surface area contributed by atoms with Crippen molar-refractivity contribution in [1.82, 2.24) is 0 Å². The highest BCUT2D eigenvalue weighted by molar-refractivity contribution is 6.32. The summed E-state index contributed by atoms with van der Waals surface area (Å²) in [4.78, 5) is 4.54. The lowest BCUT2D eigenvalue weighted by atomic mass is 9.90. The highest BCUT2D eigenvalue weighted by atomic mass is 35.5. The molecule has 0 unspecified atom stereocenters. The molecular weight excluding hydrogens is 254 g/mol. The highest BCUT2D eigenvalue weighted by Gasteiger charge is 2.34. The summed E-state index contributed by atoms with van der Waals surface area (Å²) in [6.07, 6.45) is 0.738. The van der Waals surface area contributed by atoms with E-state index in [0.717, 1.165) is 25.2 Å². The molecule has 0 atom stereocenters. The normalized spacial score (nSPS) is 17.3. The van der Waals surface area contributed by atoms with E-state index in [1.165, 1.54) is 0 Å². The molecule has 1 aromatic rings. The fourth-order valence-electron chi connectivity index (χ4n) is 1.78. The van der Waals surface area contributed by atoms with Crippen LogP contribution in [-0.2, 0) is 16.0 Å². The first-order valence-corrected chi connectivity index (χ1v) is 6.31. The molecule has 0 radical (unpaired) electrons. The van der Waals surface area contributed by atoms with Gasteiger partial charge in [-0.3, -0.25) is 0 Å². The second-order valence-electron chi connectivity index (χ2n) is 4.98. The first-order chi connectivity index (χ1) is 8.63. The summed E-state index contributed by atoms with van der Waals surface area (Å²) >= 11 is 6.17. The number of halogens is 1. The molecule has 0 amide bonds. The van der Waals surface area contributed by atoms with Gasteiger partial charge in [-0.15, -0.1) is 0 Å². The summed E-state index contributed by atoms with van der Waals surface area (Å²) in [6, 6.07) is 5.74. The Hall–Kier alpha value is -0.810. The summed E-state index contributed by atoms with van der Waals surface area (Å²) in [5.74, 6) is 5.70. The zero-order valence-corrected chi connectivity index (χ0v) is 11.2. The summed E-state index contributed by atoms with van der Waals surface area (Å²) in [7, 11) is 0. The zero-order valence-electron chi connectivity index (χ0n) is 10.4. The Kier molecular flexibility index (Phi) is 4.45. The van der Waals surface area contributed by atoms with Crippen LogP contribution in [0.2, 0.25) is 5.02 Å². The van der Waals surface area contributed by atoms with E-state index in [2.05, 4.69) is 11.8 Å². The van der Waals surface area contributed by atoms with Crippen molar-refractivity contribution in [3.8, 4) is 5.75 Å². The van der Waals surface area contributed by atoms with Gasteiger partial charge in [-0.2, -0.15) is 0 Å². The fourth-order valence-corrected chi connectivity index (χ4v) is 2.04. The van der Waals surface area contributed by atoms with E-state index < -0.39 is 0 Å². The Bertz CT molecular complexity index is 407. The average molecular weight is 272 g/mol. The van der Waals surface area contributed by atoms with Crippen LogP contribution in [0.3, 0.4) is 0 Å². The van der Waals surface area contributed by atoms with Gasteiger partial charge < -0.3 is 14.3 Å². The summed E-state index contributed by atoms with van der Waals surface area (Å²) in [6.45, 7) is 4.73. The minimum atomic E-state index is 0.120. The van der Waals surface area contributed by atoms with Crippen LogP contribution >= 0.6 is 11.6 Å². The van der Waals surface area contributed by atoms with Crippen molar-refractivity contribution in [2.24, 2.45) is 11.3 Å². The van der Waals surface area contributed by atoms with Crippen LogP contribution in [-0.4, -0.2) is 26.4 Å². The molecule has 0 aliphatic carbocycles. The maximum atomic E-state index is 6.17. The molecule has 1 fully saturated rings. The van der Waals surface area contributed by atoms with E-state index in [1.807, 2.05) is 18.2 Å². The number of ether oxygens (including phenoxy) is 2. The molecular formula is C13H18ClNO3. The molecule has 2 rings (SSSR count). The topological polar surface area (TPSA) is 53.7 Å². The van der Waals surface area contributed by atoms with Gasteiger partial charge >= 0.3 is 0 Å². The van der Waals surface area contributed by atoms with Gasteiger partial charge in [-0.1, -0.05) is 24.6 Å². The molecule has 0 aromatic heterocycles. The van der Waals surface area contributed by atoms with Crippen molar-refractivity contribution in [3.63, 3.8) is 0 Å². The predicted molar refractivity (Wildman–Crippen MR) is 69.7 cm³/mol. The minimum Gasteiger partial charge on any atom is -0.491 e. The maximum absolute atomic E-state index is 6.17. The Labute approximate surface area is 112 Å². The molecule has 100 valence electrons. The van der Waals surface area contributed by atoms with Crippen molar-refractivity contribution < 1.29 is 14.3 Å². The Morgan fingerprint density at radius 2 is 2.22 bits per heavy atom. The number of rotatable bonds is 6. The highest BCUT2D eigenvalue weighted by Crippen LogP contribution is 2.31. The van der Waals surface area contributed by atoms with Gasteiger partial charge in [0.05, 0.1) is 31.5 Å². The molecule has 0 bridgehead atoms. The molecule has 0 saturated carbocycles. The molecule has 1 aromatic carbocycles. The monoisotopic (exact) mass is 271 g/mol. The summed E-state index contributed by atoms with van der Waals surface area (Å²) in [5, 5.41) is 0.619. The first kappa shape index (κ1) is 13.6. The summed E-state index contributed by atoms with van der Waals surface area (Å²) < 4.78 is 10.9. The van der Waals surface area contributed by atoms with Crippen molar-refractivity contribution in [3.05, 3.63) is 28.8 Å². The van der Waals surface area contributed by atoms with Crippen LogP contribution in [0.4, 0.5) is 0 Å². The molecule has 1 aliphatic heterocycles. The molecule has 18 heavy (non-hydrogen) atoms. The molecule has 2 N–H and O–H groups in total. The molecule has 0 spiro atoms. The van der Waals surface area contributed by atoms with Crippen LogP contribution in [0, 0.1) is 5.41 Å². The zero-order chi connectivity index (χ0) is 13.0. The van der Waals surface area contributed by atoms with Crippen LogP contribution in [0.25, 0.3) is 0 Å². The second-order valence-corrected chi connectivity index (χ2v) is 5.38. The largest absolute Gasteiger partial charge is 0.491 e. The van der Waals surface area contributed by atoms with Crippen LogP contribution in [0.5, 0.6) is 5.75 Å². The lowest BCUT2D eigenvalue weighted by molar-refractivity contribution is -0.120. The van der Waals surface area contributed by atoms with Crippen LogP contribution < -0.4 is 10.6 Å². The maximum Gasteiger partial charge on any atom is 0.137 e. The Morgan fingerprint density at radius 1 is 1.44 bits per heavy atom. The number of benzene rings is 1. The number of hydrogen-bond acceptors (Lipinski definition) is 4. The molecule has 1 heterocycles. The fraction of sp³-hybridized carbons (Fsp3) is 0.538. The smallest absolute Gasteiger partial charge is 0.137 e. The SMILES string of the molecule is CC1(COc2ccc(CCON)cc2Cl)COC1. The van der Waals surface area contributed by atoms with E-state index >= 15 is 0 Å². The lowest BCUT2D eigenvalue weighted by Crippen LogP contribution is -2.44. The Balaban J connectivity index is 1.92.